The fourth-order valence-corrected chi connectivity index (χ4v) is 2.62. The lowest BCUT2D eigenvalue weighted by atomic mass is 10.0. The van der Waals surface area contributed by atoms with Gasteiger partial charge in [0.15, 0.2) is 0 Å². The highest BCUT2D eigenvalue weighted by Gasteiger charge is 2.18. The first-order valence-electron chi connectivity index (χ1n) is 6.64. The smallest absolute Gasteiger partial charge is 0.244 e. The summed E-state index contributed by atoms with van der Waals surface area (Å²) in [5.41, 5.74) is 5.59. The number of nitrogens with one attached hydrogen (secondary N) is 1. The molecule has 1 aromatic rings. The van der Waals surface area contributed by atoms with Crippen molar-refractivity contribution in [2.24, 2.45) is 11.7 Å². The lowest BCUT2D eigenvalue weighted by Crippen LogP contribution is -2.29. The Morgan fingerprint density at radius 1 is 1.35 bits per heavy atom. The lowest BCUT2D eigenvalue weighted by molar-refractivity contribution is 0.497. The van der Waals surface area contributed by atoms with E-state index in [2.05, 4.69) is 24.1 Å². The number of sulfonamides is 1. The minimum Gasteiger partial charge on any atom is -0.367 e. The Balaban J connectivity index is 2.86. The van der Waals surface area contributed by atoms with E-state index in [0.717, 1.165) is 6.42 Å². The van der Waals surface area contributed by atoms with Crippen LogP contribution in [0.5, 0.6) is 0 Å². The van der Waals surface area contributed by atoms with Crippen molar-refractivity contribution < 1.29 is 8.42 Å². The molecular formula is C13H24N4O2S. The average Bonchev–Trinajstić information content (AvgIpc) is 2.38. The molecule has 0 aliphatic carbocycles. The number of hydrogen-bond acceptors (Lipinski definition) is 5. The maximum atomic E-state index is 11.9. The quantitative estimate of drug-likeness (QED) is 0.787. The fraction of sp³-hybridized carbons (Fsp3) is 0.615. The summed E-state index contributed by atoms with van der Waals surface area (Å²) >= 11 is 0. The van der Waals surface area contributed by atoms with Gasteiger partial charge in [-0.05, 0) is 31.0 Å². The first-order chi connectivity index (χ1) is 9.28. The number of rotatable bonds is 7. The molecule has 1 aromatic heterocycles. The van der Waals surface area contributed by atoms with Gasteiger partial charge >= 0.3 is 0 Å². The molecular weight excluding hydrogens is 276 g/mol. The maximum absolute atomic E-state index is 11.9. The summed E-state index contributed by atoms with van der Waals surface area (Å²) in [6.45, 7) is 4.82. The van der Waals surface area contributed by atoms with Crippen LogP contribution in [0.1, 0.15) is 20.3 Å². The van der Waals surface area contributed by atoms with Gasteiger partial charge in [0.25, 0.3) is 0 Å². The number of hydrogen-bond donors (Lipinski definition) is 2. The fourth-order valence-electron chi connectivity index (χ4n) is 1.77. The van der Waals surface area contributed by atoms with Crippen LogP contribution in [0, 0.1) is 5.92 Å². The van der Waals surface area contributed by atoms with Crippen molar-refractivity contribution in [2.75, 3.05) is 26.0 Å². The highest BCUT2D eigenvalue weighted by atomic mass is 32.2. The summed E-state index contributed by atoms with van der Waals surface area (Å²) in [6, 6.07) is 3.47. The second-order valence-corrected chi connectivity index (χ2v) is 7.39. The van der Waals surface area contributed by atoms with E-state index in [-0.39, 0.29) is 10.9 Å². The number of pyridine rings is 1. The molecule has 1 heterocycles. The van der Waals surface area contributed by atoms with Gasteiger partial charge in [0.1, 0.15) is 10.7 Å². The van der Waals surface area contributed by atoms with Crippen molar-refractivity contribution in [3.05, 3.63) is 18.3 Å². The van der Waals surface area contributed by atoms with Crippen LogP contribution < -0.4 is 11.1 Å². The molecule has 0 amide bonds. The molecule has 0 radical (unpaired) electrons. The van der Waals surface area contributed by atoms with Crippen LogP contribution >= 0.6 is 0 Å². The van der Waals surface area contributed by atoms with E-state index < -0.39 is 10.0 Å². The Morgan fingerprint density at radius 3 is 2.40 bits per heavy atom. The second kappa shape index (κ2) is 7.01. The van der Waals surface area contributed by atoms with Gasteiger partial charge < -0.3 is 11.1 Å². The molecule has 0 aliphatic heterocycles. The van der Waals surface area contributed by atoms with Crippen LogP contribution in [0.2, 0.25) is 0 Å². The van der Waals surface area contributed by atoms with Crippen LogP contribution in [0.15, 0.2) is 23.2 Å². The zero-order chi connectivity index (χ0) is 15.3. The van der Waals surface area contributed by atoms with Gasteiger partial charge in [-0.25, -0.2) is 17.7 Å². The molecule has 1 unspecified atom stereocenters. The van der Waals surface area contributed by atoms with Crippen molar-refractivity contribution in [3.8, 4) is 0 Å². The standard InChI is InChI=1S/C13H24N4O2S/c1-10(2)12(7-8-14)16-13-6-5-11(9-15-13)20(18,19)17(3)4/h5-6,9-10,12H,7-8,14H2,1-4H3,(H,15,16). The predicted octanol–water partition coefficient (Wildman–Crippen LogP) is 1.12. The summed E-state index contributed by atoms with van der Waals surface area (Å²) in [6.07, 6.45) is 2.22. The summed E-state index contributed by atoms with van der Waals surface area (Å²) in [4.78, 5) is 4.36. The number of anilines is 1. The number of nitrogens with zero attached hydrogens (tertiary/aromatic N) is 2. The SMILES string of the molecule is CC(C)C(CCN)Nc1ccc(S(=O)(=O)N(C)C)cn1. The summed E-state index contributed by atoms with van der Waals surface area (Å²) in [5, 5.41) is 3.29. The second-order valence-electron chi connectivity index (χ2n) is 5.24. The Bertz CT molecular complexity index is 512. The zero-order valence-electron chi connectivity index (χ0n) is 12.5. The minimum absolute atomic E-state index is 0.188. The zero-order valence-corrected chi connectivity index (χ0v) is 13.3. The van der Waals surface area contributed by atoms with Gasteiger partial charge in [0, 0.05) is 26.3 Å². The molecule has 1 atom stereocenters. The molecule has 114 valence electrons. The molecule has 0 fully saturated rings. The molecule has 3 N–H and O–H groups in total. The molecule has 7 heteroatoms. The molecule has 1 rings (SSSR count). The van der Waals surface area contributed by atoms with Crippen LogP contribution in [0.3, 0.4) is 0 Å². The molecule has 0 aromatic carbocycles. The van der Waals surface area contributed by atoms with Crippen LogP contribution in [-0.4, -0.2) is 44.4 Å². The highest BCUT2D eigenvalue weighted by Crippen LogP contribution is 2.16. The maximum Gasteiger partial charge on any atom is 0.244 e. The molecule has 0 saturated heterocycles. The van der Waals surface area contributed by atoms with E-state index >= 15 is 0 Å². The third kappa shape index (κ3) is 4.16. The first kappa shape index (κ1) is 16.9. The van der Waals surface area contributed by atoms with E-state index in [4.69, 9.17) is 5.73 Å². The minimum atomic E-state index is -3.43. The summed E-state index contributed by atoms with van der Waals surface area (Å²) in [7, 11) is -0.431. The van der Waals surface area contributed by atoms with E-state index in [1.807, 2.05) is 0 Å². The van der Waals surface area contributed by atoms with Crippen LogP contribution in [-0.2, 0) is 10.0 Å². The molecule has 20 heavy (non-hydrogen) atoms. The van der Waals surface area contributed by atoms with Gasteiger partial charge in [-0.3, -0.25) is 0 Å². The monoisotopic (exact) mass is 300 g/mol. The normalized spacial score (nSPS) is 13.8. The van der Waals surface area contributed by atoms with E-state index in [1.54, 1.807) is 12.1 Å². The van der Waals surface area contributed by atoms with Crippen LogP contribution in [0.4, 0.5) is 5.82 Å². The van der Waals surface area contributed by atoms with Gasteiger partial charge in [-0.1, -0.05) is 13.8 Å². The van der Waals surface area contributed by atoms with E-state index in [1.165, 1.54) is 24.6 Å². The van der Waals surface area contributed by atoms with Gasteiger partial charge in [-0.2, -0.15) is 0 Å². The average molecular weight is 300 g/mol. The molecule has 0 spiro atoms. The van der Waals surface area contributed by atoms with Gasteiger partial charge in [0.05, 0.1) is 0 Å². The largest absolute Gasteiger partial charge is 0.367 e. The van der Waals surface area contributed by atoms with Crippen LogP contribution in [0.25, 0.3) is 0 Å². The topological polar surface area (TPSA) is 88.3 Å². The molecule has 0 aliphatic rings. The first-order valence-corrected chi connectivity index (χ1v) is 8.08. The van der Waals surface area contributed by atoms with Crippen molar-refractivity contribution in [2.45, 2.75) is 31.2 Å². The van der Waals surface area contributed by atoms with Crippen molar-refractivity contribution in [1.29, 1.82) is 0 Å². The lowest BCUT2D eigenvalue weighted by Gasteiger charge is -2.22. The molecule has 0 saturated carbocycles. The van der Waals surface area contributed by atoms with E-state index in [9.17, 15) is 8.42 Å². The van der Waals surface area contributed by atoms with Crippen molar-refractivity contribution in [3.63, 3.8) is 0 Å². The summed E-state index contributed by atoms with van der Waals surface area (Å²) in [5.74, 6) is 1.08. The Kier molecular flexibility index (Phi) is 5.91. The Labute approximate surface area is 121 Å². The summed E-state index contributed by atoms with van der Waals surface area (Å²) < 4.78 is 25.0. The van der Waals surface area contributed by atoms with E-state index in [0.29, 0.717) is 18.3 Å². The highest BCUT2D eigenvalue weighted by molar-refractivity contribution is 7.89. The Hall–Kier alpha value is -1.18. The van der Waals surface area contributed by atoms with Crippen molar-refractivity contribution >= 4 is 15.8 Å². The third-order valence-electron chi connectivity index (χ3n) is 3.13. The number of nitrogens with two attached hydrogens (primary N) is 1. The van der Waals surface area contributed by atoms with Gasteiger partial charge in [-0.15, -0.1) is 0 Å². The number of aromatic nitrogens is 1. The Morgan fingerprint density at radius 2 is 2.00 bits per heavy atom. The molecule has 6 nitrogen and oxygen atoms in total. The predicted molar refractivity (Wildman–Crippen MR) is 81.0 cm³/mol. The van der Waals surface area contributed by atoms with Gasteiger partial charge in [0.2, 0.25) is 10.0 Å². The molecule has 0 bridgehead atoms. The third-order valence-corrected chi connectivity index (χ3v) is 4.93. The van der Waals surface area contributed by atoms with Crippen molar-refractivity contribution in [1.82, 2.24) is 9.29 Å².